The van der Waals surface area contributed by atoms with Crippen LogP contribution >= 0.6 is 11.3 Å². The lowest BCUT2D eigenvalue weighted by molar-refractivity contribution is 0.122. The molecule has 1 aliphatic carbocycles. The van der Waals surface area contributed by atoms with Crippen LogP contribution in [0.5, 0.6) is 0 Å². The van der Waals surface area contributed by atoms with E-state index in [-0.39, 0.29) is 0 Å². The maximum atomic E-state index is 5.41. The lowest BCUT2D eigenvalue weighted by atomic mass is 10.2. The lowest BCUT2D eigenvalue weighted by Gasteiger charge is -2.26. The van der Waals surface area contributed by atoms with E-state index in [0.717, 1.165) is 45.3 Å². The standard InChI is InChI=1S/C13H21N3OS/c1-2-14-9-11-12(10-3-4-10)15-13(18-11)16-5-7-17-8-6-16/h10,14H,2-9H2,1H3. The highest BCUT2D eigenvalue weighted by atomic mass is 32.1. The summed E-state index contributed by atoms with van der Waals surface area (Å²) in [6.45, 7) is 7.79. The minimum Gasteiger partial charge on any atom is -0.378 e. The molecule has 2 aliphatic rings. The first-order chi connectivity index (χ1) is 8.88. The monoisotopic (exact) mass is 267 g/mol. The first-order valence-electron chi connectivity index (χ1n) is 6.91. The van der Waals surface area contributed by atoms with E-state index in [1.165, 1.54) is 28.5 Å². The van der Waals surface area contributed by atoms with Crippen LogP contribution in [-0.2, 0) is 11.3 Å². The van der Waals surface area contributed by atoms with E-state index in [2.05, 4.69) is 17.1 Å². The topological polar surface area (TPSA) is 37.4 Å². The van der Waals surface area contributed by atoms with Crippen molar-refractivity contribution in [2.45, 2.75) is 32.2 Å². The Kier molecular flexibility index (Phi) is 3.82. The molecule has 1 N–H and O–H groups in total. The van der Waals surface area contributed by atoms with Crippen LogP contribution in [-0.4, -0.2) is 37.8 Å². The van der Waals surface area contributed by atoms with Gasteiger partial charge in [0.15, 0.2) is 5.13 Å². The molecule has 100 valence electrons. The van der Waals surface area contributed by atoms with Crippen LogP contribution in [0, 0.1) is 0 Å². The van der Waals surface area contributed by atoms with Crippen molar-refractivity contribution in [2.24, 2.45) is 0 Å². The largest absolute Gasteiger partial charge is 0.378 e. The summed E-state index contributed by atoms with van der Waals surface area (Å²) >= 11 is 1.87. The molecule has 1 aromatic heterocycles. The molecule has 0 radical (unpaired) electrons. The molecule has 1 saturated carbocycles. The summed E-state index contributed by atoms with van der Waals surface area (Å²) in [5, 5.41) is 4.63. The molecule has 5 heteroatoms. The predicted octanol–water partition coefficient (Wildman–Crippen LogP) is 1.97. The second kappa shape index (κ2) is 5.55. The van der Waals surface area contributed by atoms with Gasteiger partial charge < -0.3 is 15.0 Å². The predicted molar refractivity (Wildman–Crippen MR) is 74.5 cm³/mol. The normalized spacial score (nSPS) is 20.4. The molecule has 0 aromatic carbocycles. The summed E-state index contributed by atoms with van der Waals surface area (Å²) in [5.41, 5.74) is 1.36. The van der Waals surface area contributed by atoms with Crippen molar-refractivity contribution in [3.63, 3.8) is 0 Å². The van der Waals surface area contributed by atoms with E-state index in [0.29, 0.717) is 0 Å². The van der Waals surface area contributed by atoms with Gasteiger partial charge in [0.25, 0.3) is 0 Å². The van der Waals surface area contributed by atoms with E-state index < -0.39 is 0 Å². The SMILES string of the molecule is CCNCc1sc(N2CCOCC2)nc1C1CC1. The van der Waals surface area contributed by atoms with Crippen LogP contribution in [0.3, 0.4) is 0 Å². The molecule has 2 heterocycles. The molecular formula is C13H21N3OS. The molecule has 2 fully saturated rings. The van der Waals surface area contributed by atoms with Crippen molar-refractivity contribution in [1.82, 2.24) is 10.3 Å². The maximum absolute atomic E-state index is 5.41. The molecule has 3 rings (SSSR count). The van der Waals surface area contributed by atoms with Gasteiger partial charge in [0.2, 0.25) is 0 Å². The summed E-state index contributed by atoms with van der Waals surface area (Å²) in [4.78, 5) is 8.71. The van der Waals surface area contributed by atoms with Gasteiger partial charge in [-0.05, 0) is 19.4 Å². The zero-order chi connectivity index (χ0) is 12.4. The fourth-order valence-corrected chi connectivity index (χ4v) is 3.45. The van der Waals surface area contributed by atoms with Gasteiger partial charge in [-0.1, -0.05) is 6.92 Å². The molecule has 0 spiro atoms. The molecule has 0 amide bonds. The number of morpholine rings is 1. The first-order valence-corrected chi connectivity index (χ1v) is 7.73. The molecule has 1 aromatic rings. The van der Waals surface area contributed by atoms with Gasteiger partial charge in [-0.2, -0.15) is 0 Å². The van der Waals surface area contributed by atoms with Crippen LogP contribution in [0.1, 0.15) is 36.3 Å². The van der Waals surface area contributed by atoms with Gasteiger partial charge in [0.05, 0.1) is 18.9 Å². The third-order valence-corrected chi connectivity index (χ3v) is 4.63. The third-order valence-electron chi connectivity index (χ3n) is 3.50. The highest BCUT2D eigenvalue weighted by Gasteiger charge is 2.30. The second-order valence-corrected chi connectivity index (χ2v) is 6.02. The fourth-order valence-electron chi connectivity index (χ4n) is 2.28. The van der Waals surface area contributed by atoms with Gasteiger partial charge in [-0.25, -0.2) is 4.98 Å². The Morgan fingerprint density at radius 1 is 1.39 bits per heavy atom. The maximum Gasteiger partial charge on any atom is 0.185 e. The van der Waals surface area contributed by atoms with Gasteiger partial charge >= 0.3 is 0 Å². The summed E-state index contributed by atoms with van der Waals surface area (Å²) in [6.07, 6.45) is 2.65. The highest BCUT2D eigenvalue weighted by molar-refractivity contribution is 7.15. The van der Waals surface area contributed by atoms with Crippen molar-refractivity contribution < 1.29 is 4.74 Å². The number of thiazole rings is 1. The van der Waals surface area contributed by atoms with Crippen molar-refractivity contribution in [1.29, 1.82) is 0 Å². The summed E-state index contributed by atoms with van der Waals surface area (Å²) in [6, 6.07) is 0. The molecule has 4 nitrogen and oxygen atoms in total. The quantitative estimate of drug-likeness (QED) is 0.885. The number of rotatable bonds is 5. The number of aromatic nitrogens is 1. The van der Waals surface area contributed by atoms with Gasteiger partial charge in [-0.15, -0.1) is 11.3 Å². The van der Waals surface area contributed by atoms with Gasteiger partial charge in [0.1, 0.15) is 0 Å². The van der Waals surface area contributed by atoms with Crippen LogP contribution < -0.4 is 10.2 Å². The molecule has 1 saturated heterocycles. The van der Waals surface area contributed by atoms with E-state index in [4.69, 9.17) is 9.72 Å². The van der Waals surface area contributed by atoms with Crippen LogP contribution in [0.2, 0.25) is 0 Å². The molecule has 0 bridgehead atoms. The van der Waals surface area contributed by atoms with Crippen molar-refractivity contribution in [3.05, 3.63) is 10.6 Å². The summed E-state index contributed by atoms with van der Waals surface area (Å²) < 4.78 is 5.41. The second-order valence-electron chi connectivity index (χ2n) is 4.96. The van der Waals surface area contributed by atoms with Gasteiger partial charge in [0, 0.05) is 30.4 Å². The average molecular weight is 267 g/mol. The number of nitrogens with zero attached hydrogens (tertiary/aromatic N) is 2. The zero-order valence-corrected chi connectivity index (χ0v) is 11.8. The van der Waals surface area contributed by atoms with Crippen molar-refractivity contribution in [2.75, 3.05) is 37.7 Å². The average Bonchev–Trinajstić information content (AvgIpc) is 3.18. The minimum absolute atomic E-state index is 0.740. The van der Waals surface area contributed by atoms with E-state index in [1.54, 1.807) is 0 Å². The number of ether oxygens (including phenoxy) is 1. The number of hydrogen-bond acceptors (Lipinski definition) is 5. The number of nitrogens with one attached hydrogen (secondary N) is 1. The fraction of sp³-hybridized carbons (Fsp3) is 0.769. The Morgan fingerprint density at radius 3 is 2.83 bits per heavy atom. The Morgan fingerprint density at radius 2 is 2.17 bits per heavy atom. The third kappa shape index (κ3) is 2.68. The summed E-state index contributed by atoms with van der Waals surface area (Å²) in [7, 11) is 0. The Labute approximate surface area is 112 Å². The Balaban J connectivity index is 1.77. The van der Waals surface area contributed by atoms with Gasteiger partial charge in [-0.3, -0.25) is 0 Å². The molecule has 0 unspecified atom stereocenters. The molecule has 0 atom stereocenters. The van der Waals surface area contributed by atoms with E-state index in [1.807, 2.05) is 11.3 Å². The Bertz CT molecular complexity index is 397. The van der Waals surface area contributed by atoms with Crippen molar-refractivity contribution in [3.8, 4) is 0 Å². The number of anilines is 1. The van der Waals surface area contributed by atoms with Crippen LogP contribution in [0.15, 0.2) is 0 Å². The first kappa shape index (κ1) is 12.4. The molecule has 18 heavy (non-hydrogen) atoms. The van der Waals surface area contributed by atoms with E-state index >= 15 is 0 Å². The van der Waals surface area contributed by atoms with Crippen molar-refractivity contribution >= 4 is 16.5 Å². The zero-order valence-electron chi connectivity index (χ0n) is 10.9. The minimum atomic E-state index is 0.740. The Hall–Kier alpha value is -0.650. The number of hydrogen-bond donors (Lipinski definition) is 1. The summed E-state index contributed by atoms with van der Waals surface area (Å²) in [5.74, 6) is 0.740. The van der Waals surface area contributed by atoms with Crippen LogP contribution in [0.4, 0.5) is 5.13 Å². The lowest BCUT2D eigenvalue weighted by Crippen LogP contribution is -2.36. The molecule has 1 aliphatic heterocycles. The smallest absolute Gasteiger partial charge is 0.185 e. The van der Waals surface area contributed by atoms with Crippen LogP contribution in [0.25, 0.3) is 0 Å². The molecular weight excluding hydrogens is 246 g/mol. The van der Waals surface area contributed by atoms with E-state index in [9.17, 15) is 0 Å². The highest BCUT2D eigenvalue weighted by Crippen LogP contribution is 2.44.